The van der Waals surface area contributed by atoms with Crippen LogP contribution in [-0.2, 0) is 0 Å². The van der Waals surface area contributed by atoms with E-state index in [1.54, 1.807) is 21.7 Å². The van der Waals surface area contributed by atoms with Crippen LogP contribution in [0.4, 0.5) is 0 Å². The summed E-state index contributed by atoms with van der Waals surface area (Å²) < 4.78 is 3.31. The maximum Gasteiger partial charge on any atom is -0.0667 e. The van der Waals surface area contributed by atoms with E-state index in [4.69, 9.17) is 0 Å². The Morgan fingerprint density at radius 3 is 1.00 bits per heavy atom. The molecule has 0 saturated carbocycles. The summed E-state index contributed by atoms with van der Waals surface area (Å²) in [6.45, 7) is 8.48. The molecular weight excluding hydrogens is 415 g/mol. The third-order valence-corrected chi connectivity index (χ3v) is 7.86. The smallest absolute Gasteiger partial charge is 0.0667 e. The van der Waals surface area contributed by atoms with Crippen molar-refractivity contribution in [1.29, 1.82) is 0 Å². The van der Waals surface area contributed by atoms with E-state index < -0.39 is 0 Å². The van der Waals surface area contributed by atoms with Crippen LogP contribution in [0.25, 0.3) is 0 Å². The molecule has 0 N–H and O–H groups in total. The summed E-state index contributed by atoms with van der Waals surface area (Å²) in [5, 5.41) is 18.6. The third-order valence-electron chi connectivity index (χ3n) is 3.82. The van der Waals surface area contributed by atoms with Crippen LogP contribution in [0.5, 0.6) is 0 Å². The maximum atomic E-state index is 9.30. The van der Waals surface area contributed by atoms with Gasteiger partial charge in [0.05, 0.1) is 0 Å². The summed E-state index contributed by atoms with van der Waals surface area (Å²) in [7, 11) is 0. The average molecular weight is 463 g/mol. The molecule has 25 heavy (non-hydrogen) atoms. The van der Waals surface area contributed by atoms with Crippen molar-refractivity contribution < 1.29 is 10.2 Å². The van der Waals surface area contributed by atoms with E-state index in [0.29, 0.717) is 0 Å². The van der Waals surface area contributed by atoms with Gasteiger partial charge in [-0.3, -0.25) is 0 Å². The molecule has 0 unspecified atom stereocenters. The Kier molecular flexibility index (Phi) is 43.6. The van der Waals surface area contributed by atoms with Gasteiger partial charge in [-0.1, -0.05) is 26.7 Å². The minimum atomic E-state index is 0.0694. The standard InChI is InChI=1S/2C8H17.2C3H7O.Sn/c2*1-3-5-7-8-6-4-2;2*1-2-3-4;/h2*1,3-8H2,2H3;2*2-3H2,1H3;/q;;2*-1;+2. The topological polar surface area (TPSA) is 46.1 Å². The summed E-state index contributed by atoms with van der Waals surface area (Å²) in [4.78, 5) is 0. The molecule has 0 aliphatic carbocycles. The van der Waals surface area contributed by atoms with E-state index >= 15 is 0 Å². The van der Waals surface area contributed by atoms with Gasteiger partial charge in [0.2, 0.25) is 0 Å². The van der Waals surface area contributed by atoms with Crippen molar-refractivity contribution in [2.45, 2.75) is 126 Å². The second-order valence-electron chi connectivity index (χ2n) is 6.69. The quantitative estimate of drug-likeness (QED) is 0.216. The summed E-state index contributed by atoms with van der Waals surface area (Å²) in [5.41, 5.74) is 0. The van der Waals surface area contributed by atoms with Gasteiger partial charge in [0.1, 0.15) is 0 Å². The largest absolute Gasteiger partial charge is 0.854 e. The van der Waals surface area contributed by atoms with E-state index in [2.05, 4.69) is 13.8 Å². The van der Waals surface area contributed by atoms with Crippen LogP contribution >= 0.6 is 0 Å². The van der Waals surface area contributed by atoms with Gasteiger partial charge in [-0.25, -0.2) is 0 Å². The number of hydrogen-bond acceptors (Lipinski definition) is 2. The third kappa shape index (κ3) is 45.6. The van der Waals surface area contributed by atoms with Crippen molar-refractivity contribution in [3.63, 3.8) is 0 Å². The molecule has 0 aromatic heterocycles. The van der Waals surface area contributed by atoms with E-state index in [1.807, 2.05) is 13.8 Å². The molecule has 0 aliphatic heterocycles. The molecule has 0 rings (SSSR count). The van der Waals surface area contributed by atoms with Crippen molar-refractivity contribution in [3.05, 3.63) is 0 Å². The molecule has 0 heterocycles. The maximum absolute atomic E-state index is 9.30. The van der Waals surface area contributed by atoms with Crippen LogP contribution in [-0.4, -0.2) is 34.4 Å². The molecule has 0 amide bonds. The van der Waals surface area contributed by atoms with Gasteiger partial charge in [-0.15, -0.1) is 13.2 Å². The summed E-state index contributed by atoms with van der Waals surface area (Å²) in [5.74, 6) is 0. The van der Waals surface area contributed by atoms with Crippen molar-refractivity contribution >= 4 is 21.1 Å². The minimum Gasteiger partial charge on any atom is -0.854 e. The SMILES string of the molecule is CCCCCCC[CH2][Sn+2][CH2]CCCCCCC.CCC[O-].CCC[O-]. The van der Waals surface area contributed by atoms with Gasteiger partial charge in [0.15, 0.2) is 0 Å². The molecule has 0 atom stereocenters. The van der Waals surface area contributed by atoms with Crippen LogP contribution in [0.3, 0.4) is 0 Å². The van der Waals surface area contributed by atoms with Crippen molar-refractivity contribution in [2.24, 2.45) is 0 Å². The predicted molar refractivity (Wildman–Crippen MR) is 112 cm³/mol. The zero-order chi connectivity index (χ0) is 19.4. The van der Waals surface area contributed by atoms with E-state index in [9.17, 15) is 10.2 Å². The Morgan fingerprint density at radius 2 is 0.720 bits per heavy atom. The normalized spacial score (nSPS) is 9.52. The fourth-order valence-electron chi connectivity index (χ4n) is 2.19. The first-order valence-electron chi connectivity index (χ1n) is 11.1. The first-order valence-corrected chi connectivity index (χ1v) is 15.1. The van der Waals surface area contributed by atoms with Crippen molar-refractivity contribution in [3.8, 4) is 0 Å². The van der Waals surface area contributed by atoms with Gasteiger partial charge < -0.3 is 10.2 Å². The Hall–Kier alpha value is 0.719. The van der Waals surface area contributed by atoms with Gasteiger partial charge in [-0.2, -0.15) is 0 Å². The van der Waals surface area contributed by atoms with Crippen LogP contribution in [0.1, 0.15) is 118 Å². The minimum absolute atomic E-state index is 0.0694. The molecule has 0 aliphatic rings. The van der Waals surface area contributed by atoms with Crippen molar-refractivity contribution in [1.82, 2.24) is 0 Å². The van der Waals surface area contributed by atoms with E-state index in [0.717, 1.165) is 12.8 Å². The molecule has 0 aromatic rings. The summed E-state index contributed by atoms with van der Waals surface area (Å²) in [6.07, 6.45) is 19.4. The van der Waals surface area contributed by atoms with Crippen LogP contribution < -0.4 is 10.2 Å². The van der Waals surface area contributed by atoms with Gasteiger partial charge >= 0.3 is 121 Å². The van der Waals surface area contributed by atoms with Crippen LogP contribution in [0, 0.1) is 0 Å². The Morgan fingerprint density at radius 1 is 0.440 bits per heavy atom. The van der Waals surface area contributed by atoms with Crippen molar-refractivity contribution in [2.75, 3.05) is 13.2 Å². The van der Waals surface area contributed by atoms with E-state index in [1.165, 1.54) is 64.2 Å². The van der Waals surface area contributed by atoms with Crippen LogP contribution in [0.2, 0.25) is 8.87 Å². The first-order chi connectivity index (χ1) is 12.2. The molecule has 0 radical (unpaired) electrons. The Bertz CT molecular complexity index is 155. The fourth-order valence-corrected chi connectivity index (χ4v) is 5.75. The molecule has 0 spiro atoms. The summed E-state index contributed by atoms with van der Waals surface area (Å²) in [6, 6.07) is 0. The molecular formula is C22H48O2Sn. The predicted octanol–water partition coefficient (Wildman–Crippen LogP) is 5.76. The zero-order valence-corrected chi connectivity index (χ0v) is 20.9. The Balaban J connectivity index is -0.000000503. The summed E-state index contributed by atoms with van der Waals surface area (Å²) >= 11 is 0.0736. The fraction of sp³-hybridized carbons (Fsp3) is 1.00. The number of hydrogen-bond donors (Lipinski definition) is 0. The average Bonchev–Trinajstić information content (AvgIpc) is 2.66. The Labute approximate surface area is 170 Å². The van der Waals surface area contributed by atoms with E-state index in [-0.39, 0.29) is 34.4 Å². The number of rotatable bonds is 16. The monoisotopic (exact) mass is 464 g/mol. The molecule has 0 saturated heterocycles. The molecule has 0 fully saturated rings. The molecule has 2 nitrogen and oxygen atoms in total. The van der Waals surface area contributed by atoms with Crippen LogP contribution in [0.15, 0.2) is 0 Å². The molecule has 152 valence electrons. The molecule has 0 bridgehead atoms. The van der Waals surface area contributed by atoms with Gasteiger partial charge in [0, 0.05) is 0 Å². The zero-order valence-electron chi connectivity index (χ0n) is 18.0. The molecule has 3 heteroatoms. The number of unbranched alkanes of at least 4 members (excludes halogenated alkanes) is 10. The first kappa shape index (κ1) is 30.4. The van der Waals surface area contributed by atoms with Gasteiger partial charge in [0.25, 0.3) is 0 Å². The molecule has 0 aromatic carbocycles. The second kappa shape index (κ2) is 35.8. The second-order valence-corrected chi connectivity index (χ2v) is 11.0. The van der Waals surface area contributed by atoms with Gasteiger partial charge in [-0.05, 0) is 0 Å².